The number of carbonyl (C=O) groups is 1. The molecule has 3 aromatic heterocycles. The van der Waals surface area contributed by atoms with Crippen molar-refractivity contribution in [1.82, 2.24) is 24.8 Å². The molecule has 3 aliphatic rings. The third-order valence-electron chi connectivity index (χ3n) is 8.66. The summed E-state index contributed by atoms with van der Waals surface area (Å²) in [6, 6.07) is 4.33. The fourth-order valence-electron chi connectivity index (χ4n) is 6.84. The van der Waals surface area contributed by atoms with Crippen LogP contribution in [-0.2, 0) is 4.79 Å². The highest BCUT2D eigenvalue weighted by Gasteiger charge is 2.30. The first-order valence-electron chi connectivity index (χ1n) is 13.5. The van der Waals surface area contributed by atoms with E-state index in [1.807, 2.05) is 18.6 Å². The van der Waals surface area contributed by atoms with Gasteiger partial charge in [0.15, 0.2) is 0 Å². The minimum Gasteiger partial charge on any atom is -0.346 e. The van der Waals surface area contributed by atoms with E-state index in [4.69, 9.17) is 0 Å². The second-order valence-electron chi connectivity index (χ2n) is 10.9. The largest absolute Gasteiger partial charge is 0.346 e. The van der Waals surface area contributed by atoms with Gasteiger partial charge in [0.05, 0.1) is 11.7 Å². The summed E-state index contributed by atoms with van der Waals surface area (Å²) >= 11 is 0. The van der Waals surface area contributed by atoms with Crippen LogP contribution in [0, 0.1) is 11.8 Å². The average Bonchev–Trinajstić information content (AvgIpc) is 3.56. The summed E-state index contributed by atoms with van der Waals surface area (Å²) in [5.41, 5.74) is 3.32. The molecule has 6 nitrogen and oxygen atoms in total. The molecule has 6 heteroatoms. The number of fused-ring (bicyclic) bond motifs is 3. The summed E-state index contributed by atoms with van der Waals surface area (Å²) in [6.07, 6.45) is 16.3. The fourth-order valence-corrected chi connectivity index (χ4v) is 6.84. The van der Waals surface area contributed by atoms with Gasteiger partial charge in [0.2, 0.25) is 5.91 Å². The number of H-pyrrole nitrogens is 1. The normalized spacial score (nSPS) is 26.5. The summed E-state index contributed by atoms with van der Waals surface area (Å²) in [7, 11) is 0. The van der Waals surface area contributed by atoms with Crippen LogP contribution in [0.15, 0.2) is 30.7 Å². The highest BCUT2D eigenvalue weighted by atomic mass is 16.2. The molecule has 34 heavy (non-hydrogen) atoms. The van der Waals surface area contributed by atoms with Gasteiger partial charge in [-0.1, -0.05) is 0 Å². The predicted molar refractivity (Wildman–Crippen MR) is 136 cm³/mol. The van der Waals surface area contributed by atoms with E-state index >= 15 is 0 Å². The molecule has 180 valence electrons. The second-order valence-corrected chi connectivity index (χ2v) is 10.9. The molecule has 1 atom stereocenters. The van der Waals surface area contributed by atoms with Gasteiger partial charge in [0.1, 0.15) is 5.65 Å². The molecule has 5 heterocycles. The first-order valence-corrected chi connectivity index (χ1v) is 13.5. The molecule has 0 aromatic carbocycles. The minimum absolute atomic E-state index is 0.407. The van der Waals surface area contributed by atoms with Gasteiger partial charge in [-0.05, 0) is 99.9 Å². The SMILES string of the molecule is O=C(CC1CCC(c2ccnc3cnc4[nH]ccc4c23)CC1)N1CCCC(CN2CCCC2)C1. The van der Waals surface area contributed by atoms with Crippen LogP contribution in [0.5, 0.6) is 0 Å². The van der Waals surface area contributed by atoms with Crippen molar-refractivity contribution in [1.29, 1.82) is 0 Å². The molecule has 1 aliphatic carbocycles. The van der Waals surface area contributed by atoms with Crippen LogP contribution < -0.4 is 0 Å². The number of piperidine rings is 1. The molecular weight excluding hydrogens is 422 g/mol. The van der Waals surface area contributed by atoms with E-state index in [0.29, 0.717) is 23.7 Å². The Morgan fingerprint density at radius 3 is 2.68 bits per heavy atom. The van der Waals surface area contributed by atoms with Crippen LogP contribution in [0.3, 0.4) is 0 Å². The van der Waals surface area contributed by atoms with E-state index in [2.05, 4.69) is 36.9 Å². The summed E-state index contributed by atoms with van der Waals surface area (Å²) < 4.78 is 0. The molecule has 2 saturated heterocycles. The monoisotopic (exact) mass is 459 g/mol. The van der Waals surface area contributed by atoms with Crippen molar-refractivity contribution in [3.8, 4) is 0 Å². The summed E-state index contributed by atoms with van der Waals surface area (Å²) in [5.74, 6) is 2.15. The van der Waals surface area contributed by atoms with Gasteiger partial charge in [-0.2, -0.15) is 0 Å². The lowest BCUT2D eigenvalue weighted by molar-refractivity contribution is -0.134. The molecule has 6 rings (SSSR count). The van der Waals surface area contributed by atoms with Gasteiger partial charge in [-0.25, -0.2) is 4.98 Å². The molecule has 3 aromatic rings. The maximum absolute atomic E-state index is 13.2. The van der Waals surface area contributed by atoms with Gasteiger partial charge in [-0.15, -0.1) is 0 Å². The van der Waals surface area contributed by atoms with E-state index in [9.17, 15) is 4.79 Å². The van der Waals surface area contributed by atoms with Crippen LogP contribution >= 0.6 is 0 Å². The van der Waals surface area contributed by atoms with E-state index in [0.717, 1.165) is 56.4 Å². The zero-order valence-corrected chi connectivity index (χ0v) is 20.2. The van der Waals surface area contributed by atoms with Crippen molar-refractivity contribution in [2.24, 2.45) is 11.8 Å². The molecule has 0 bridgehead atoms. The Morgan fingerprint density at radius 1 is 0.971 bits per heavy atom. The number of nitrogens with one attached hydrogen (secondary N) is 1. The van der Waals surface area contributed by atoms with Crippen molar-refractivity contribution < 1.29 is 4.79 Å². The Hall–Kier alpha value is -2.47. The Kier molecular flexibility index (Phi) is 6.25. The van der Waals surface area contributed by atoms with Crippen LogP contribution in [0.1, 0.15) is 69.3 Å². The number of nitrogens with zero attached hydrogens (tertiary/aromatic N) is 4. The zero-order chi connectivity index (χ0) is 22.9. The minimum atomic E-state index is 0.407. The Balaban J connectivity index is 1.07. The van der Waals surface area contributed by atoms with Crippen LogP contribution in [0.25, 0.3) is 21.9 Å². The molecule has 0 radical (unpaired) electrons. The molecule has 1 amide bonds. The highest BCUT2D eigenvalue weighted by molar-refractivity contribution is 6.05. The summed E-state index contributed by atoms with van der Waals surface area (Å²) in [4.78, 5) is 30.3. The van der Waals surface area contributed by atoms with Gasteiger partial charge in [-0.3, -0.25) is 9.78 Å². The van der Waals surface area contributed by atoms with Crippen LogP contribution in [0.2, 0.25) is 0 Å². The molecule has 1 saturated carbocycles. The number of hydrogen-bond acceptors (Lipinski definition) is 4. The topological polar surface area (TPSA) is 65.1 Å². The van der Waals surface area contributed by atoms with Crippen molar-refractivity contribution in [2.45, 2.75) is 63.7 Å². The molecule has 3 fully saturated rings. The number of aromatic nitrogens is 3. The number of hydrogen-bond donors (Lipinski definition) is 1. The Morgan fingerprint density at radius 2 is 1.82 bits per heavy atom. The van der Waals surface area contributed by atoms with Crippen molar-refractivity contribution in [3.05, 3.63) is 36.3 Å². The lowest BCUT2D eigenvalue weighted by atomic mass is 9.76. The third kappa shape index (κ3) is 4.45. The van der Waals surface area contributed by atoms with E-state index in [-0.39, 0.29) is 0 Å². The number of carbonyl (C=O) groups excluding carboxylic acids is 1. The number of rotatable bonds is 5. The second kappa shape index (κ2) is 9.65. The molecule has 0 spiro atoms. The Bertz CT molecular complexity index is 1140. The number of aromatic amines is 1. The maximum Gasteiger partial charge on any atom is 0.222 e. The number of amides is 1. The number of likely N-dealkylation sites (tertiary alicyclic amines) is 2. The molecular formula is C28H37N5O. The van der Waals surface area contributed by atoms with Gasteiger partial charge in [0.25, 0.3) is 0 Å². The van der Waals surface area contributed by atoms with E-state index in [1.165, 1.54) is 61.7 Å². The summed E-state index contributed by atoms with van der Waals surface area (Å²) in [5, 5.41) is 2.43. The van der Waals surface area contributed by atoms with Crippen molar-refractivity contribution in [3.63, 3.8) is 0 Å². The van der Waals surface area contributed by atoms with Gasteiger partial charge < -0.3 is 14.8 Å². The quantitative estimate of drug-likeness (QED) is 0.576. The molecule has 2 aliphatic heterocycles. The van der Waals surface area contributed by atoms with Gasteiger partial charge in [0, 0.05) is 49.2 Å². The highest BCUT2D eigenvalue weighted by Crippen LogP contribution is 2.41. The standard InChI is InChI=1S/C28H37N5O/c34-26(33-15-3-4-21(19-33)18-32-13-1-2-14-32)16-20-5-7-22(8-6-20)23-9-11-29-25-17-31-28-24(27(23)25)10-12-30-28/h9-12,17,20-22H,1-8,13-16,18-19H2,(H,30,31). The predicted octanol–water partition coefficient (Wildman–Crippen LogP) is 5.11. The average molecular weight is 460 g/mol. The fraction of sp³-hybridized carbons (Fsp3) is 0.607. The lowest BCUT2D eigenvalue weighted by Gasteiger charge is -2.36. The molecule has 1 N–H and O–H groups in total. The first kappa shape index (κ1) is 22.0. The smallest absolute Gasteiger partial charge is 0.222 e. The number of pyridine rings is 2. The maximum atomic E-state index is 13.2. The van der Waals surface area contributed by atoms with Crippen molar-refractivity contribution in [2.75, 3.05) is 32.7 Å². The van der Waals surface area contributed by atoms with E-state index in [1.54, 1.807) is 0 Å². The van der Waals surface area contributed by atoms with Crippen LogP contribution in [0.4, 0.5) is 0 Å². The Labute approximate surface area is 202 Å². The molecule has 1 unspecified atom stereocenters. The first-order chi connectivity index (χ1) is 16.7. The summed E-state index contributed by atoms with van der Waals surface area (Å²) in [6.45, 7) is 5.65. The third-order valence-corrected chi connectivity index (χ3v) is 8.66. The van der Waals surface area contributed by atoms with Crippen LogP contribution in [-0.4, -0.2) is 63.4 Å². The van der Waals surface area contributed by atoms with E-state index < -0.39 is 0 Å². The van der Waals surface area contributed by atoms with Crippen molar-refractivity contribution >= 4 is 27.8 Å². The van der Waals surface area contributed by atoms with Gasteiger partial charge >= 0.3 is 0 Å². The lowest BCUT2D eigenvalue weighted by Crippen LogP contribution is -2.44. The zero-order valence-electron chi connectivity index (χ0n) is 20.2.